The molecule has 122 valence electrons. The van der Waals surface area contributed by atoms with Crippen molar-refractivity contribution in [2.24, 2.45) is 0 Å². The molecule has 1 unspecified atom stereocenters. The molecule has 1 aromatic carbocycles. The van der Waals surface area contributed by atoms with Crippen LogP contribution in [-0.4, -0.2) is 36.4 Å². The van der Waals surface area contributed by atoms with Gasteiger partial charge in [-0.15, -0.1) is 0 Å². The molecule has 0 aromatic heterocycles. The van der Waals surface area contributed by atoms with Gasteiger partial charge in [-0.25, -0.2) is 4.79 Å². The summed E-state index contributed by atoms with van der Waals surface area (Å²) >= 11 is 0. The van der Waals surface area contributed by atoms with E-state index in [1.54, 1.807) is 24.3 Å². The lowest BCUT2D eigenvalue weighted by molar-refractivity contribution is -0.174. The van der Waals surface area contributed by atoms with E-state index < -0.39 is 24.4 Å². The Bertz CT molecular complexity index is 529. The fourth-order valence-electron chi connectivity index (χ4n) is 2.05. The highest BCUT2D eigenvalue weighted by atomic mass is 19.3. The molecule has 1 rings (SSSR count). The Kier molecular flexibility index (Phi) is 6.02. The Hall–Kier alpha value is -1.98. The van der Waals surface area contributed by atoms with Gasteiger partial charge >= 0.3 is 11.9 Å². The Morgan fingerprint density at radius 3 is 2.27 bits per heavy atom. The molecule has 0 aliphatic heterocycles. The number of ether oxygens (including phenoxy) is 1. The molecular formula is C16H21F2NO3. The molecule has 0 saturated carbocycles. The SMILES string of the molecule is CCOC(=O)C(F)(F)CC(c1ccc(C)cc1)N(C)C(C)=O. The summed E-state index contributed by atoms with van der Waals surface area (Å²) in [7, 11) is 1.44. The first-order valence-corrected chi connectivity index (χ1v) is 7.04. The Morgan fingerprint density at radius 2 is 1.82 bits per heavy atom. The number of carbonyl (C=O) groups is 2. The topological polar surface area (TPSA) is 46.6 Å². The normalized spacial score (nSPS) is 12.6. The van der Waals surface area contributed by atoms with E-state index in [2.05, 4.69) is 4.74 Å². The van der Waals surface area contributed by atoms with E-state index in [0.717, 1.165) is 5.56 Å². The fraction of sp³-hybridized carbons (Fsp3) is 0.500. The second-order valence-corrected chi connectivity index (χ2v) is 5.19. The summed E-state index contributed by atoms with van der Waals surface area (Å²) < 4.78 is 32.5. The van der Waals surface area contributed by atoms with Gasteiger partial charge in [-0.3, -0.25) is 4.79 Å². The maximum atomic E-state index is 14.0. The second-order valence-electron chi connectivity index (χ2n) is 5.19. The summed E-state index contributed by atoms with van der Waals surface area (Å²) in [5.41, 5.74) is 1.53. The smallest absolute Gasteiger partial charge is 0.377 e. The van der Waals surface area contributed by atoms with Crippen molar-refractivity contribution in [1.82, 2.24) is 4.90 Å². The Balaban J connectivity index is 3.08. The van der Waals surface area contributed by atoms with Gasteiger partial charge in [-0.2, -0.15) is 8.78 Å². The molecule has 0 spiro atoms. The third-order valence-electron chi connectivity index (χ3n) is 3.45. The number of esters is 1. The number of rotatable bonds is 6. The number of carbonyl (C=O) groups excluding carboxylic acids is 2. The summed E-state index contributed by atoms with van der Waals surface area (Å²) in [6.07, 6.45) is -0.815. The zero-order chi connectivity index (χ0) is 16.9. The lowest BCUT2D eigenvalue weighted by Gasteiger charge is -2.30. The van der Waals surface area contributed by atoms with Crippen molar-refractivity contribution in [3.63, 3.8) is 0 Å². The van der Waals surface area contributed by atoms with Crippen molar-refractivity contribution in [1.29, 1.82) is 0 Å². The minimum Gasteiger partial charge on any atom is -0.462 e. The van der Waals surface area contributed by atoms with Gasteiger partial charge in [0.25, 0.3) is 0 Å². The van der Waals surface area contributed by atoms with E-state index in [0.29, 0.717) is 5.56 Å². The molecule has 0 fully saturated rings. The predicted octanol–water partition coefficient (Wildman–Crippen LogP) is 3.10. The van der Waals surface area contributed by atoms with Crippen molar-refractivity contribution >= 4 is 11.9 Å². The number of aryl methyl sites for hydroxylation is 1. The van der Waals surface area contributed by atoms with Crippen molar-refractivity contribution in [3.8, 4) is 0 Å². The number of benzene rings is 1. The maximum absolute atomic E-state index is 14.0. The molecule has 1 atom stereocenters. The Labute approximate surface area is 129 Å². The summed E-state index contributed by atoms with van der Waals surface area (Å²) in [6, 6.07) is 6.01. The van der Waals surface area contributed by atoms with Gasteiger partial charge in [0.1, 0.15) is 0 Å². The average Bonchev–Trinajstić information content (AvgIpc) is 2.45. The van der Waals surface area contributed by atoms with Crippen LogP contribution in [-0.2, 0) is 14.3 Å². The highest BCUT2D eigenvalue weighted by Crippen LogP contribution is 2.33. The van der Waals surface area contributed by atoms with Gasteiger partial charge in [0.2, 0.25) is 5.91 Å². The van der Waals surface area contributed by atoms with Crippen molar-refractivity contribution < 1.29 is 23.1 Å². The first kappa shape index (κ1) is 18.1. The van der Waals surface area contributed by atoms with Crippen LogP contribution in [0.2, 0.25) is 0 Å². The average molecular weight is 313 g/mol. The molecule has 0 saturated heterocycles. The lowest BCUT2D eigenvalue weighted by Crippen LogP contribution is -2.38. The quantitative estimate of drug-likeness (QED) is 0.758. The third-order valence-corrected chi connectivity index (χ3v) is 3.45. The molecule has 6 heteroatoms. The number of amides is 1. The van der Waals surface area contributed by atoms with Crippen molar-refractivity contribution in [2.45, 2.75) is 39.2 Å². The number of alkyl halides is 2. The molecule has 4 nitrogen and oxygen atoms in total. The van der Waals surface area contributed by atoms with E-state index in [1.165, 1.54) is 25.8 Å². The molecule has 0 bridgehead atoms. The number of hydrogen-bond acceptors (Lipinski definition) is 3. The maximum Gasteiger partial charge on any atom is 0.377 e. The van der Waals surface area contributed by atoms with Crippen LogP contribution in [0.15, 0.2) is 24.3 Å². The predicted molar refractivity (Wildman–Crippen MR) is 78.6 cm³/mol. The zero-order valence-electron chi connectivity index (χ0n) is 13.2. The first-order valence-electron chi connectivity index (χ1n) is 7.04. The molecule has 1 aromatic rings. The largest absolute Gasteiger partial charge is 0.462 e. The number of nitrogens with zero attached hydrogens (tertiary/aromatic N) is 1. The number of halogens is 2. The summed E-state index contributed by atoms with van der Waals surface area (Å²) in [5, 5.41) is 0. The van der Waals surface area contributed by atoms with E-state index in [9.17, 15) is 18.4 Å². The van der Waals surface area contributed by atoms with Crippen LogP contribution in [0.3, 0.4) is 0 Å². The van der Waals surface area contributed by atoms with E-state index in [1.807, 2.05) is 6.92 Å². The van der Waals surface area contributed by atoms with Crippen LogP contribution >= 0.6 is 0 Å². The fourth-order valence-corrected chi connectivity index (χ4v) is 2.05. The minimum absolute atomic E-state index is 0.119. The van der Waals surface area contributed by atoms with Crippen LogP contribution < -0.4 is 0 Å². The van der Waals surface area contributed by atoms with E-state index in [-0.39, 0.29) is 12.5 Å². The monoisotopic (exact) mass is 313 g/mol. The summed E-state index contributed by atoms with van der Waals surface area (Å²) in [5.74, 6) is -5.58. The van der Waals surface area contributed by atoms with Crippen LogP contribution in [0, 0.1) is 6.92 Å². The van der Waals surface area contributed by atoms with E-state index >= 15 is 0 Å². The first-order chi connectivity index (χ1) is 10.2. The van der Waals surface area contributed by atoms with Gasteiger partial charge in [0.15, 0.2) is 0 Å². The van der Waals surface area contributed by atoms with Crippen LogP contribution in [0.1, 0.15) is 37.4 Å². The van der Waals surface area contributed by atoms with E-state index in [4.69, 9.17) is 0 Å². The van der Waals surface area contributed by atoms with Gasteiger partial charge in [0.05, 0.1) is 12.6 Å². The summed E-state index contributed by atoms with van der Waals surface area (Å²) in [4.78, 5) is 24.2. The van der Waals surface area contributed by atoms with Crippen LogP contribution in [0.5, 0.6) is 0 Å². The molecule has 0 heterocycles. The van der Waals surface area contributed by atoms with Gasteiger partial charge in [-0.05, 0) is 19.4 Å². The Morgan fingerprint density at radius 1 is 1.27 bits per heavy atom. The van der Waals surface area contributed by atoms with Gasteiger partial charge in [-0.1, -0.05) is 29.8 Å². The summed E-state index contributed by atoms with van der Waals surface area (Å²) in [6.45, 7) is 4.52. The third kappa shape index (κ3) is 4.51. The molecule has 0 aliphatic rings. The van der Waals surface area contributed by atoms with Gasteiger partial charge < -0.3 is 9.64 Å². The van der Waals surface area contributed by atoms with Gasteiger partial charge in [0, 0.05) is 20.4 Å². The van der Waals surface area contributed by atoms with Crippen LogP contribution in [0.25, 0.3) is 0 Å². The molecule has 1 amide bonds. The highest BCUT2D eigenvalue weighted by Gasteiger charge is 2.44. The molecule has 0 N–H and O–H groups in total. The minimum atomic E-state index is -3.66. The number of hydrogen-bond donors (Lipinski definition) is 0. The highest BCUT2D eigenvalue weighted by molar-refractivity contribution is 5.78. The standard InChI is InChI=1S/C16H21F2NO3/c1-5-22-15(21)16(17,18)10-14(19(4)12(3)20)13-8-6-11(2)7-9-13/h6-9,14H,5,10H2,1-4H3. The molecule has 0 aliphatic carbocycles. The zero-order valence-corrected chi connectivity index (χ0v) is 13.2. The molecule has 0 radical (unpaired) electrons. The molecule has 22 heavy (non-hydrogen) atoms. The second kappa shape index (κ2) is 7.33. The van der Waals surface area contributed by atoms with Crippen LogP contribution in [0.4, 0.5) is 8.78 Å². The molecular weight excluding hydrogens is 292 g/mol. The van der Waals surface area contributed by atoms with Crippen molar-refractivity contribution in [3.05, 3.63) is 35.4 Å². The lowest BCUT2D eigenvalue weighted by atomic mass is 9.97. The van der Waals surface area contributed by atoms with Crippen molar-refractivity contribution in [2.75, 3.05) is 13.7 Å².